The molecule has 1 N–H and O–H groups in total. The summed E-state index contributed by atoms with van der Waals surface area (Å²) in [7, 11) is 0. The first-order valence-electron chi connectivity index (χ1n) is 3.47. The molecule has 1 fully saturated rings. The van der Waals surface area contributed by atoms with Gasteiger partial charge in [-0.2, -0.15) is 0 Å². The fourth-order valence-corrected chi connectivity index (χ4v) is 1.52. The van der Waals surface area contributed by atoms with E-state index in [0.717, 1.165) is 19.6 Å². The zero-order valence-corrected chi connectivity index (χ0v) is 5.43. The van der Waals surface area contributed by atoms with Crippen molar-refractivity contribution >= 4 is 0 Å². The first kappa shape index (κ1) is 5.45. The third-order valence-corrected chi connectivity index (χ3v) is 2.12. The Labute approximate surface area is 55.3 Å². The van der Waals surface area contributed by atoms with Crippen molar-refractivity contribution < 1.29 is 0 Å². The molecule has 1 spiro atoms. The predicted molar refractivity (Wildman–Crippen MR) is 36.4 cm³/mol. The van der Waals surface area contributed by atoms with Crippen molar-refractivity contribution in [2.75, 3.05) is 19.6 Å². The van der Waals surface area contributed by atoms with Gasteiger partial charge in [-0.15, -0.1) is 0 Å². The number of hydrogen-bond acceptors (Lipinski definition) is 1. The van der Waals surface area contributed by atoms with Gasteiger partial charge in [0.05, 0.1) is 5.54 Å². The topological polar surface area (TPSA) is 26.1 Å². The van der Waals surface area contributed by atoms with Gasteiger partial charge in [-0.25, -0.2) is 5.32 Å². The summed E-state index contributed by atoms with van der Waals surface area (Å²) in [4.78, 5) is 0. The highest BCUT2D eigenvalue weighted by atomic mass is 15.1. The lowest BCUT2D eigenvalue weighted by Crippen LogP contribution is -2.40. The molecule has 2 nitrogen and oxygen atoms in total. The molecule has 1 unspecified atom stereocenters. The van der Waals surface area contributed by atoms with Crippen LogP contribution in [0.15, 0.2) is 12.2 Å². The molecule has 2 heteroatoms. The normalized spacial score (nSPS) is 40.9. The van der Waals surface area contributed by atoms with Gasteiger partial charge in [-0.1, -0.05) is 12.2 Å². The van der Waals surface area contributed by atoms with Gasteiger partial charge in [-0.05, 0) is 6.42 Å². The second-order valence-electron chi connectivity index (χ2n) is 2.79. The van der Waals surface area contributed by atoms with Crippen LogP contribution >= 0.6 is 0 Å². The fourth-order valence-electron chi connectivity index (χ4n) is 1.52. The Bertz CT molecular complexity index is 134. The summed E-state index contributed by atoms with van der Waals surface area (Å²) in [5.74, 6) is 0. The highest BCUT2D eigenvalue weighted by Gasteiger charge is 2.32. The number of nitrogens with one attached hydrogen (secondary N) is 1. The Balaban J connectivity index is 2.13. The van der Waals surface area contributed by atoms with Gasteiger partial charge >= 0.3 is 0 Å². The van der Waals surface area contributed by atoms with Gasteiger partial charge in [0.1, 0.15) is 0 Å². The van der Waals surface area contributed by atoms with E-state index in [1.807, 2.05) is 0 Å². The van der Waals surface area contributed by atoms with Gasteiger partial charge in [0.25, 0.3) is 0 Å². The smallest absolute Gasteiger partial charge is 0.0523 e. The molecule has 0 amide bonds. The highest BCUT2D eigenvalue weighted by Crippen LogP contribution is 2.19. The van der Waals surface area contributed by atoms with Crippen LogP contribution in [0.25, 0.3) is 0 Å². The summed E-state index contributed by atoms with van der Waals surface area (Å²) in [6.07, 6.45) is 5.66. The average Bonchev–Trinajstić information content (AvgIpc) is 2.45. The summed E-state index contributed by atoms with van der Waals surface area (Å²) < 4.78 is 0. The van der Waals surface area contributed by atoms with Gasteiger partial charge in [-0.3, -0.25) is 0 Å². The van der Waals surface area contributed by atoms with Crippen molar-refractivity contribution in [3.8, 4) is 0 Å². The summed E-state index contributed by atoms with van der Waals surface area (Å²) in [6, 6.07) is 0. The largest absolute Gasteiger partial charge is 0.303 e. The Morgan fingerprint density at radius 1 is 1.56 bits per heavy atom. The number of hydrogen-bond donors (Lipinski definition) is 1. The quantitative estimate of drug-likeness (QED) is 0.447. The maximum Gasteiger partial charge on any atom is 0.0523 e. The van der Waals surface area contributed by atoms with Crippen LogP contribution in [0, 0.1) is 0 Å². The second-order valence-corrected chi connectivity index (χ2v) is 2.79. The molecule has 0 aromatic carbocycles. The van der Waals surface area contributed by atoms with Gasteiger partial charge in [0.15, 0.2) is 0 Å². The zero-order valence-electron chi connectivity index (χ0n) is 5.43. The van der Waals surface area contributed by atoms with Crippen molar-refractivity contribution in [1.82, 2.24) is 10.6 Å². The van der Waals surface area contributed by atoms with Crippen molar-refractivity contribution in [2.24, 2.45) is 0 Å². The SMILES string of the molecule is C1=CC2(CC[N]C2)NC1. The van der Waals surface area contributed by atoms with E-state index < -0.39 is 0 Å². The molecule has 9 heavy (non-hydrogen) atoms. The monoisotopic (exact) mass is 123 g/mol. The Kier molecular flexibility index (Phi) is 1.10. The van der Waals surface area contributed by atoms with Crippen LogP contribution in [0.2, 0.25) is 0 Å². The minimum atomic E-state index is 0.292. The van der Waals surface area contributed by atoms with Gasteiger partial charge in [0.2, 0.25) is 0 Å². The molecule has 1 atom stereocenters. The molecule has 0 aromatic rings. The van der Waals surface area contributed by atoms with E-state index in [1.165, 1.54) is 6.42 Å². The first-order valence-corrected chi connectivity index (χ1v) is 3.47. The Hall–Kier alpha value is -0.340. The van der Waals surface area contributed by atoms with E-state index >= 15 is 0 Å². The fraction of sp³-hybridized carbons (Fsp3) is 0.714. The lowest BCUT2D eigenvalue weighted by molar-refractivity contribution is 0.483. The number of rotatable bonds is 0. The maximum absolute atomic E-state index is 4.30. The third-order valence-electron chi connectivity index (χ3n) is 2.12. The maximum atomic E-state index is 4.30. The molecule has 2 heterocycles. The lowest BCUT2D eigenvalue weighted by atomic mass is 10.0. The van der Waals surface area contributed by atoms with Crippen LogP contribution in [0.1, 0.15) is 6.42 Å². The zero-order chi connectivity index (χ0) is 6.16. The van der Waals surface area contributed by atoms with Crippen molar-refractivity contribution in [1.29, 1.82) is 0 Å². The molecular formula is C7H11N2. The van der Waals surface area contributed by atoms with Crippen molar-refractivity contribution in [2.45, 2.75) is 12.0 Å². The molecule has 0 saturated carbocycles. The molecule has 0 aliphatic carbocycles. The standard InChI is InChI=1S/C7H11N2/c1-2-7(9-4-1)3-5-8-6-7/h1-2,9H,3-6H2. The summed E-state index contributed by atoms with van der Waals surface area (Å²) >= 11 is 0. The predicted octanol–water partition coefficient (Wildman–Crippen LogP) is -0.107. The second kappa shape index (κ2) is 1.82. The minimum absolute atomic E-state index is 0.292. The molecule has 2 aliphatic rings. The van der Waals surface area contributed by atoms with Crippen LogP contribution in [0.3, 0.4) is 0 Å². The molecular weight excluding hydrogens is 112 g/mol. The van der Waals surface area contributed by atoms with E-state index in [2.05, 4.69) is 22.8 Å². The highest BCUT2D eigenvalue weighted by molar-refractivity contribution is 5.17. The van der Waals surface area contributed by atoms with E-state index in [4.69, 9.17) is 0 Å². The van der Waals surface area contributed by atoms with E-state index in [1.54, 1.807) is 0 Å². The number of nitrogens with zero attached hydrogens (tertiary/aromatic N) is 1. The summed E-state index contributed by atoms with van der Waals surface area (Å²) in [5.41, 5.74) is 0.292. The first-order chi connectivity index (χ1) is 4.41. The average molecular weight is 123 g/mol. The van der Waals surface area contributed by atoms with Crippen LogP contribution < -0.4 is 10.6 Å². The van der Waals surface area contributed by atoms with E-state index in [9.17, 15) is 0 Å². The van der Waals surface area contributed by atoms with Crippen LogP contribution in [-0.4, -0.2) is 25.2 Å². The molecule has 2 rings (SSSR count). The van der Waals surface area contributed by atoms with Gasteiger partial charge < -0.3 is 5.32 Å². The molecule has 1 saturated heterocycles. The van der Waals surface area contributed by atoms with Crippen molar-refractivity contribution in [3.05, 3.63) is 12.2 Å². The van der Waals surface area contributed by atoms with E-state index in [0.29, 0.717) is 5.54 Å². The third kappa shape index (κ3) is 0.787. The lowest BCUT2D eigenvalue weighted by Gasteiger charge is -2.19. The Morgan fingerprint density at radius 2 is 2.56 bits per heavy atom. The molecule has 49 valence electrons. The minimum Gasteiger partial charge on any atom is -0.303 e. The van der Waals surface area contributed by atoms with Crippen LogP contribution in [-0.2, 0) is 0 Å². The summed E-state index contributed by atoms with van der Waals surface area (Å²) in [6.45, 7) is 3.07. The molecule has 2 aliphatic heterocycles. The van der Waals surface area contributed by atoms with Crippen LogP contribution in [0.5, 0.6) is 0 Å². The van der Waals surface area contributed by atoms with Gasteiger partial charge in [0, 0.05) is 19.6 Å². The molecule has 0 bridgehead atoms. The van der Waals surface area contributed by atoms with Crippen molar-refractivity contribution in [3.63, 3.8) is 0 Å². The molecule has 0 aromatic heterocycles. The Morgan fingerprint density at radius 3 is 3.11 bits per heavy atom. The van der Waals surface area contributed by atoms with Crippen LogP contribution in [0.4, 0.5) is 0 Å². The molecule has 1 radical (unpaired) electrons. The van der Waals surface area contributed by atoms with E-state index in [-0.39, 0.29) is 0 Å². The summed E-state index contributed by atoms with van der Waals surface area (Å²) in [5, 5.41) is 7.73.